The molecule has 8 nitrogen and oxygen atoms in total. The summed E-state index contributed by atoms with van der Waals surface area (Å²) < 4.78 is 7.89. The summed E-state index contributed by atoms with van der Waals surface area (Å²) in [5, 5.41) is 14.5. The molecule has 5 aliphatic rings. The first-order valence-electron chi connectivity index (χ1n) is 16.9. The molecule has 248 valence electrons. The highest BCUT2D eigenvalue weighted by Crippen LogP contribution is 2.56. The van der Waals surface area contributed by atoms with Crippen LogP contribution in [0, 0.1) is 11.8 Å². The number of rotatable bonds is 3. The molecule has 4 N–H and O–H groups in total. The van der Waals surface area contributed by atoms with Gasteiger partial charge in [0.15, 0.2) is 17.3 Å². The molecule has 4 bridgehead atoms. The van der Waals surface area contributed by atoms with Crippen molar-refractivity contribution in [2.24, 2.45) is 17.6 Å². The second kappa shape index (κ2) is 13.4. The van der Waals surface area contributed by atoms with Crippen LogP contribution in [0.1, 0.15) is 87.4 Å². The summed E-state index contributed by atoms with van der Waals surface area (Å²) in [6.07, 6.45) is 21.0. The maximum atomic E-state index is 13.6. The van der Waals surface area contributed by atoms with E-state index in [0.717, 1.165) is 65.8 Å². The quantitative estimate of drug-likeness (QED) is 0.237. The van der Waals surface area contributed by atoms with Crippen molar-refractivity contribution in [3.05, 3.63) is 76.5 Å². The number of nitrogens with two attached hydrogens (primary N) is 1. The van der Waals surface area contributed by atoms with E-state index in [1.807, 2.05) is 52.5 Å². The average molecular weight is 673 g/mol. The minimum absolute atomic E-state index is 0.00504. The van der Waals surface area contributed by atoms with E-state index in [4.69, 9.17) is 10.5 Å². The van der Waals surface area contributed by atoms with Gasteiger partial charge in [-0.1, -0.05) is 53.5 Å². The van der Waals surface area contributed by atoms with Crippen LogP contribution in [0.2, 0.25) is 0 Å². The first-order chi connectivity index (χ1) is 22.8. The van der Waals surface area contributed by atoms with Crippen LogP contribution >= 0.6 is 21.6 Å². The Morgan fingerprint density at radius 1 is 1.19 bits per heavy atom. The van der Waals surface area contributed by atoms with Gasteiger partial charge in [0.1, 0.15) is 5.78 Å². The van der Waals surface area contributed by atoms with Gasteiger partial charge in [0, 0.05) is 30.2 Å². The van der Waals surface area contributed by atoms with Crippen molar-refractivity contribution >= 4 is 45.3 Å². The zero-order valence-electron chi connectivity index (χ0n) is 27.1. The number of Topliss-reactive ketones (excluding diaryl/α,β-unsaturated/α-hetero) is 2. The van der Waals surface area contributed by atoms with Gasteiger partial charge in [0.25, 0.3) is 0 Å². The zero-order valence-corrected chi connectivity index (χ0v) is 28.7. The van der Waals surface area contributed by atoms with E-state index in [-0.39, 0.29) is 46.6 Å². The lowest BCUT2D eigenvalue weighted by Crippen LogP contribution is -2.53. The molecule has 2 aliphatic carbocycles. The van der Waals surface area contributed by atoms with E-state index in [1.54, 1.807) is 6.07 Å². The van der Waals surface area contributed by atoms with Crippen molar-refractivity contribution < 1.29 is 19.4 Å². The largest absolute Gasteiger partial charge is 0.504 e. The second-order valence-corrected chi connectivity index (χ2v) is 16.1. The van der Waals surface area contributed by atoms with Crippen LogP contribution in [0.3, 0.4) is 0 Å². The molecular formula is C37H44N4O4S2. The van der Waals surface area contributed by atoms with Crippen molar-refractivity contribution in [1.29, 1.82) is 0 Å². The van der Waals surface area contributed by atoms with Crippen molar-refractivity contribution in [2.75, 3.05) is 12.9 Å². The summed E-state index contributed by atoms with van der Waals surface area (Å²) in [5.41, 5.74) is 12.5. The Balaban J connectivity index is 1.37. The minimum atomic E-state index is -0.364. The number of phenolic OH excluding ortho intramolecular Hbond substituents is 1. The van der Waals surface area contributed by atoms with E-state index in [2.05, 4.69) is 40.0 Å². The Hall–Kier alpha value is -3.21. The van der Waals surface area contributed by atoms with Gasteiger partial charge >= 0.3 is 0 Å². The molecule has 1 fully saturated rings. The number of aromatic hydroxyl groups is 1. The van der Waals surface area contributed by atoms with Gasteiger partial charge in [0.05, 0.1) is 48.7 Å². The third-order valence-corrected chi connectivity index (χ3v) is 14.0. The number of aromatic nitrogens is 2. The molecule has 0 saturated heterocycles. The fourth-order valence-corrected chi connectivity index (χ4v) is 12.1. The van der Waals surface area contributed by atoms with E-state index < -0.39 is 0 Å². The van der Waals surface area contributed by atoms with Gasteiger partial charge in [-0.2, -0.15) is 0 Å². The minimum Gasteiger partial charge on any atom is -0.504 e. The normalized spacial score (nSPS) is 31.0. The Morgan fingerprint density at radius 2 is 2.06 bits per heavy atom. The number of hydrogen-bond donors (Lipinski definition) is 3. The standard InChI is InChI=1S/C37H44N4O4S2/c1-3-22-6-10-28(42)16-32(43)23-7-11-29(30-17-33(44)34(45-2)15-24(30)13-23)25-14-31(36(38)40-18-25)35(47-46-20-22)37-12-4-5-26(37)8-9-27-19-39-21-41(27)37/h8-9,13-15,17-19,21-22,26,29,35-36,40,44H,3-7,10-12,16,20,38H2,1-2H3/t22-,26+,29+,35-,36?,37+/m0/s1. The second-order valence-electron chi connectivity index (χ2n) is 13.6. The highest BCUT2D eigenvalue weighted by molar-refractivity contribution is 8.77. The lowest BCUT2D eigenvalue weighted by molar-refractivity contribution is -0.125. The van der Waals surface area contributed by atoms with Crippen LogP contribution < -0.4 is 15.8 Å². The van der Waals surface area contributed by atoms with Gasteiger partial charge < -0.3 is 25.5 Å². The Bertz CT molecular complexity index is 1690. The first kappa shape index (κ1) is 32.3. The number of phenols is 1. The smallest absolute Gasteiger partial charge is 0.166 e. The van der Waals surface area contributed by atoms with Crippen LogP contribution in [-0.2, 0) is 15.1 Å². The van der Waals surface area contributed by atoms with Crippen LogP contribution in [-0.4, -0.2) is 50.5 Å². The molecule has 0 radical (unpaired) electrons. The molecule has 1 aromatic heterocycles. The number of benzene rings is 1. The molecule has 0 spiro atoms. The summed E-state index contributed by atoms with van der Waals surface area (Å²) in [7, 11) is 5.34. The number of dihydropyridines is 1. The summed E-state index contributed by atoms with van der Waals surface area (Å²) >= 11 is 0. The van der Waals surface area contributed by atoms with Crippen molar-refractivity contribution in [3.8, 4) is 11.5 Å². The van der Waals surface area contributed by atoms with E-state index in [1.165, 1.54) is 7.11 Å². The number of nitrogens with one attached hydrogen (secondary N) is 1. The van der Waals surface area contributed by atoms with Crippen molar-refractivity contribution in [2.45, 2.75) is 87.6 Å². The van der Waals surface area contributed by atoms with Gasteiger partial charge in [-0.05, 0) is 90.2 Å². The van der Waals surface area contributed by atoms with E-state index >= 15 is 0 Å². The summed E-state index contributed by atoms with van der Waals surface area (Å²) in [5.74, 6) is 1.86. The molecule has 7 rings (SSSR count). The Morgan fingerprint density at radius 3 is 2.89 bits per heavy atom. The Labute approximate surface area is 284 Å². The molecule has 6 atom stereocenters. The van der Waals surface area contributed by atoms with Crippen molar-refractivity contribution in [1.82, 2.24) is 14.9 Å². The highest BCUT2D eigenvalue weighted by atomic mass is 33.1. The number of allylic oxidation sites excluding steroid dienone is 4. The third kappa shape index (κ3) is 5.91. The summed E-state index contributed by atoms with van der Waals surface area (Å²) in [6.45, 7) is 2.19. The van der Waals surface area contributed by atoms with E-state index in [9.17, 15) is 14.7 Å². The fourth-order valence-electron chi connectivity index (χ4n) is 8.35. The molecule has 47 heavy (non-hydrogen) atoms. The van der Waals surface area contributed by atoms with Crippen LogP contribution in [0.5, 0.6) is 11.5 Å². The topological polar surface area (TPSA) is 119 Å². The predicted molar refractivity (Wildman–Crippen MR) is 190 cm³/mol. The third-order valence-electron chi connectivity index (χ3n) is 11.0. The number of carbonyl (C=O) groups is 2. The maximum absolute atomic E-state index is 13.6. The van der Waals surface area contributed by atoms with Crippen LogP contribution in [0.25, 0.3) is 12.2 Å². The zero-order chi connectivity index (χ0) is 32.7. The molecule has 1 unspecified atom stereocenters. The lowest BCUT2D eigenvalue weighted by atomic mass is 9.76. The molecule has 4 heterocycles. The van der Waals surface area contributed by atoms with Gasteiger partial charge in [-0.25, -0.2) is 4.98 Å². The number of hydrogen-bond acceptors (Lipinski definition) is 9. The Kier molecular flexibility index (Phi) is 9.19. The number of ether oxygens (including phenoxy) is 1. The predicted octanol–water partition coefficient (Wildman–Crippen LogP) is 6.88. The van der Waals surface area contributed by atoms with E-state index in [0.29, 0.717) is 42.4 Å². The monoisotopic (exact) mass is 672 g/mol. The molecular weight excluding hydrogens is 629 g/mol. The number of fused-ring (bicyclic) bond motifs is 10. The van der Waals surface area contributed by atoms with Crippen LogP contribution in [0.4, 0.5) is 0 Å². The SMILES string of the molecule is CC[C@H]1CCC(=O)CC(=O)C2=Cc3cc(OC)c(O)cc3[C@H](CC2)C2=CNC(N)C(=C2)[C@@H]([C@@]23CCC[C@@H]2C=Cc2cncn23)SSC1. The maximum Gasteiger partial charge on any atom is 0.166 e. The number of imidazole rings is 1. The van der Waals surface area contributed by atoms with Crippen molar-refractivity contribution in [3.63, 3.8) is 0 Å². The average Bonchev–Trinajstić information content (AvgIpc) is 3.69. The first-order valence-corrected chi connectivity index (χ1v) is 19.3. The number of carbonyl (C=O) groups excluding carboxylic acids is 2. The molecule has 1 saturated carbocycles. The lowest BCUT2D eigenvalue weighted by Gasteiger charge is -2.47. The van der Waals surface area contributed by atoms with Gasteiger partial charge in [-0.3, -0.25) is 9.59 Å². The summed E-state index contributed by atoms with van der Waals surface area (Å²) in [6, 6.07) is 3.58. The molecule has 2 aromatic rings. The fraction of sp³-hybridized carbons (Fsp3) is 0.486. The van der Waals surface area contributed by atoms with Crippen LogP contribution in [0.15, 0.2) is 59.7 Å². The van der Waals surface area contributed by atoms with Gasteiger partial charge in [0.2, 0.25) is 0 Å². The molecule has 3 aliphatic heterocycles. The molecule has 10 heteroatoms. The number of ketones is 2. The van der Waals surface area contributed by atoms with Gasteiger partial charge in [-0.15, -0.1) is 0 Å². The number of methoxy groups -OCH3 is 1. The highest BCUT2D eigenvalue weighted by Gasteiger charge is 2.53. The summed E-state index contributed by atoms with van der Waals surface area (Å²) in [4.78, 5) is 31.3. The number of nitrogens with zero attached hydrogens (tertiary/aromatic N) is 2. The molecule has 0 amide bonds. The molecule has 1 aromatic carbocycles.